The van der Waals surface area contributed by atoms with Crippen LogP contribution < -0.4 is 10.6 Å². The topological polar surface area (TPSA) is 105 Å². The van der Waals surface area contributed by atoms with E-state index in [0.29, 0.717) is 22.6 Å². The summed E-state index contributed by atoms with van der Waals surface area (Å²) < 4.78 is 29.4. The SMILES string of the molecule is Cc1c(C(=O)Nc2sc3c(c2C(=O)N[C@H]2CCS(=O)(=O)C2)CCCC3)oc2ccccc12. The number of aryl methyl sites for hydroxylation is 2. The van der Waals surface area contributed by atoms with Gasteiger partial charge in [-0.05, 0) is 50.7 Å². The van der Waals surface area contributed by atoms with Gasteiger partial charge in [0.25, 0.3) is 11.8 Å². The molecule has 1 aliphatic carbocycles. The zero-order valence-electron chi connectivity index (χ0n) is 17.7. The molecule has 2 aliphatic rings. The first kappa shape index (κ1) is 21.2. The summed E-state index contributed by atoms with van der Waals surface area (Å²) in [7, 11) is -3.10. The third-order valence-corrected chi connectivity index (χ3v) is 9.22. The number of benzene rings is 1. The maximum Gasteiger partial charge on any atom is 0.292 e. The fourth-order valence-electron chi connectivity index (χ4n) is 4.61. The van der Waals surface area contributed by atoms with Crippen molar-refractivity contribution < 1.29 is 22.4 Å². The highest BCUT2D eigenvalue weighted by Crippen LogP contribution is 2.39. The average Bonchev–Trinajstić information content (AvgIpc) is 3.40. The van der Waals surface area contributed by atoms with E-state index in [1.165, 1.54) is 11.3 Å². The van der Waals surface area contributed by atoms with Gasteiger partial charge in [-0.2, -0.15) is 0 Å². The number of thiophene rings is 1. The number of hydrogen-bond donors (Lipinski definition) is 2. The van der Waals surface area contributed by atoms with Crippen molar-refractivity contribution in [2.75, 3.05) is 16.8 Å². The summed E-state index contributed by atoms with van der Waals surface area (Å²) in [6.45, 7) is 1.84. The Labute approximate surface area is 190 Å². The average molecular weight is 473 g/mol. The molecule has 7 nitrogen and oxygen atoms in total. The van der Waals surface area contributed by atoms with E-state index in [1.54, 1.807) is 0 Å². The van der Waals surface area contributed by atoms with Gasteiger partial charge < -0.3 is 15.1 Å². The number of rotatable bonds is 4. The third-order valence-electron chi connectivity index (χ3n) is 6.24. The van der Waals surface area contributed by atoms with E-state index in [0.717, 1.165) is 47.1 Å². The summed E-state index contributed by atoms with van der Waals surface area (Å²) in [5.41, 5.74) is 2.83. The second-order valence-corrected chi connectivity index (χ2v) is 11.8. The first-order valence-corrected chi connectivity index (χ1v) is 13.4. The highest BCUT2D eigenvalue weighted by molar-refractivity contribution is 7.91. The number of sulfone groups is 1. The van der Waals surface area contributed by atoms with Gasteiger partial charge in [0.2, 0.25) is 0 Å². The Bertz CT molecular complexity index is 1340. The first-order chi connectivity index (χ1) is 15.3. The lowest BCUT2D eigenvalue weighted by Crippen LogP contribution is -2.36. The van der Waals surface area contributed by atoms with E-state index in [9.17, 15) is 18.0 Å². The minimum atomic E-state index is -3.10. The summed E-state index contributed by atoms with van der Waals surface area (Å²) in [6, 6.07) is 7.07. The normalized spacial score (nSPS) is 19.6. The van der Waals surface area contributed by atoms with Gasteiger partial charge in [0, 0.05) is 21.9 Å². The number of furan rings is 1. The molecule has 32 heavy (non-hydrogen) atoms. The fraction of sp³-hybridized carbons (Fsp3) is 0.391. The Morgan fingerprint density at radius 1 is 1.12 bits per heavy atom. The van der Waals surface area contributed by atoms with Crippen LogP contribution in [0.5, 0.6) is 0 Å². The van der Waals surface area contributed by atoms with Crippen molar-refractivity contribution in [3.8, 4) is 0 Å². The van der Waals surface area contributed by atoms with Crippen molar-refractivity contribution in [3.63, 3.8) is 0 Å². The molecule has 2 amide bonds. The van der Waals surface area contributed by atoms with Crippen molar-refractivity contribution in [2.24, 2.45) is 0 Å². The number of hydrogen-bond acceptors (Lipinski definition) is 6. The maximum atomic E-state index is 13.2. The van der Waals surface area contributed by atoms with Crippen molar-refractivity contribution in [1.29, 1.82) is 0 Å². The zero-order chi connectivity index (χ0) is 22.5. The molecule has 0 bridgehead atoms. The Morgan fingerprint density at radius 3 is 2.66 bits per heavy atom. The molecule has 1 saturated heterocycles. The molecule has 5 rings (SSSR count). The van der Waals surface area contributed by atoms with Crippen molar-refractivity contribution in [1.82, 2.24) is 5.32 Å². The van der Waals surface area contributed by atoms with E-state index in [4.69, 9.17) is 4.42 Å². The van der Waals surface area contributed by atoms with Crippen LogP contribution >= 0.6 is 11.3 Å². The molecule has 1 aliphatic heterocycles. The lowest BCUT2D eigenvalue weighted by atomic mass is 9.95. The molecule has 1 aromatic carbocycles. The summed E-state index contributed by atoms with van der Waals surface area (Å²) >= 11 is 1.43. The molecule has 2 N–H and O–H groups in total. The van der Waals surface area contributed by atoms with Crippen LogP contribution in [0.1, 0.15) is 56.2 Å². The van der Waals surface area contributed by atoms with Gasteiger partial charge in [0.1, 0.15) is 10.6 Å². The number of anilines is 1. The van der Waals surface area contributed by atoms with Crippen LogP contribution in [0.4, 0.5) is 5.00 Å². The number of fused-ring (bicyclic) bond motifs is 2. The van der Waals surface area contributed by atoms with Crippen LogP contribution in [0.3, 0.4) is 0 Å². The largest absolute Gasteiger partial charge is 0.451 e. The lowest BCUT2D eigenvalue weighted by molar-refractivity contribution is 0.0941. The second kappa shape index (κ2) is 8.04. The van der Waals surface area contributed by atoms with Crippen molar-refractivity contribution in [2.45, 2.75) is 45.1 Å². The molecule has 168 valence electrons. The van der Waals surface area contributed by atoms with E-state index < -0.39 is 21.8 Å². The molecular weight excluding hydrogens is 448 g/mol. The Balaban J connectivity index is 1.45. The van der Waals surface area contributed by atoms with Gasteiger partial charge in [0.05, 0.1) is 17.1 Å². The number of amides is 2. The van der Waals surface area contributed by atoms with E-state index in [2.05, 4.69) is 10.6 Å². The predicted molar refractivity (Wildman–Crippen MR) is 124 cm³/mol. The quantitative estimate of drug-likeness (QED) is 0.600. The van der Waals surface area contributed by atoms with Crippen LogP contribution in [0.2, 0.25) is 0 Å². The summed E-state index contributed by atoms with van der Waals surface area (Å²) in [5, 5.41) is 7.18. The second-order valence-electron chi connectivity index (χ2n) is 8.49. The van der Waals surface area contributed by atoms with Crippen molar-refractivity contribution >= 4 is 49.0 Å². The minimum Gasteiger partial charge on any atom is -0.451 e. The maximum absolute atomic E-state index is 13.2. The van der Waals surface area contributed by atoms with Crippen LogP contribution in [0.25, 0.3) is 11.0 Å². The van der Waals surface area contributed by atoms with Gasteiger partial charge >= 0.3 is 0 Å². The Morgan fingerprint density at radius 2 is 1.91 bits per heavy atom. The van der Waals surface area contributed by atoms with Gasteiger partial charge in [-0.1, -0.05) is 18.2 Å². The molecule has 0 radical (unpaired) electrons. The summed E-state index contributed by atoms with van der Waals surface area (Å²) in [6.07, 6.45) is 4.10. The zero-order valence-corrected chi connectivity index (χ0v) is 19.3. The summed E-state index contributed by atoms with van der Waals surface area (Å²) in [4.78, 5) is 27.4. The standard InChI is InChI=1S/C23H24N2O5S2/c1-13-15-6-2-4-8-17(15)30-20(13)22(27)25-23-19(16-7-3-5-9-18(16)31-23)21(26)24-14-10-11-32(28,29)12-14/h2,4,6,8,14H,3,5,7,9-12H2,1H3,(H,24,26)(H,25,27)/t14-/m0/s1. The number of carbonyl (C=O) groups is 2. The van der Waals surface area contributed by atoms with Crippen LogP contribution in [0.15, 0.2) is 28.7 Å². The third kappa shape index (κ3) is 3.84. The highest BCUT2D eigenvalue weighted by atomic mass is 32.2. The van der Waals surface area contributed by atoms with Crippen molar-refractivity contribution in [3.05, 3.63) is 51.6 Å². The molecule has 0 spiro atoms. The molecule has 0 unspecified atom stereocenters. The minimum absolute atomic E-state index is 0.0368. The fourth-order valence-corrected chi connectivity index (χ4v) is 7.57. The molecular formula is C23H24N2O5S2. The van der Waals surface area contributed by atoms with Crippen LogP contribution in [-0.4, -0.2) is 37.8 Å². The monoisotopic (exact) mass is 472 g/mol. The smallest absolute Gasteiger partial charge is 0.292 e. The number of nitrogens with one attached hydrogen (secondary N) is 2. The molecule has 1 fully saturated rings. The molecule has 2 aromatic heterocycles. The summed E-state index contributed by atoms with van der Waals surface area (Å²) in [5.74, 6) is -0.428. The lowest BCUT2D eigenvalue weighted by Gasteiger charge is -2.15. The van der Waals surface area contributed by atoms with E-state index >= 15 is 0 Å². The molecule has 9 heteroatoms. The Hall–Kier alpha value is -2.65. The molecule has 1 atom stereocenters. The van der Waals surface area contributed by atoms with E-state index in [-0.39, 0.29) is 23.2 Å². The molecule has 0 saturated carbocycles. The molecule has 3 heterocycles. The van der Waals surface area contributed by atoms with Crippen LogP contribution in [0, 0.1) is 6.92 Å². The predicted octanol–water partition coefficient (Wildman–Crippen LogP) is 3.85. The highest BCUT2D eigenvalue weighted by Gasteiger charge is 2.32. The number of carbonyl (C=O) groups excluding carboxylic acids is 2. The van der Waals surface area contributed by atoms with Gasteiger partial charge in [-0.15, -0.1) is 11.3 Å². The van der Waals surface area contributed by atoms with Crippen LogP contribution in [-0.2, 0) is 22.7 Å². The van der Waals surface area contributed by atoms with Gasteiger partial charge in [-0.3, -0.25) is 9.59 Å². The number of para-hydroxylation sites is 1. The molecule has 3 aromatic rings. The van der Waals surface area contributed by atoms with Gasteiger partial charge in [0.15, 0.2) is 15.6 Å². The Kier molecular flexibility index (Phi) is 5.33. The van der Waals surface area contributed by atoms with E-state index in [1.807, 2.05) is 31.2 Å². The first-order valence-electron chi connectivity index (χ1n) is 10.8. The van der Waals surface area contributed by atoms with Gasteiger partial charge in [-0.25, -0.2) is 8.42 Å².